The molecule has 0 aliphatic rings. The van der Waals surface area contributed by atoms with E-state index in [-0.39, 0.29) is 18.3 Å². The number of esters is 1. The van der Waals surface area contributed by atoms with Gasteiger partial charge >= 0.3 is 5.97 Å². The number of nitrogens with zero attached hydrogens (tertiary/aromatic N) is 5. The van der Waals surface area contributed by atoms with Crippen LogP contribution in [0.2, 0.25) is 0 Å². The minimum Gasteiger partial charge on any atom is -0.466 e. The van der Waals surface area contributed by atoms with Crippen molar-refractivity contribution in [3.05, 3.63) is 29.3 Å². The molecule has 31 heavy (non-hydrogen) atoms. The van der Waals surface area contributed by atoms with Gasteiger partial charge < -0.3 is 9.72 Å². The highest BCUT2D eigenvalue weighted by molar-refractivity contribution is 8.00. The van der Waals surface area contributed by atoms with Gasteiger partial charge in [-0.1, -0.05) is 48.2 Å². The van der Waals surface area contributed by atoms with Crippen molar-refractivity contribution in [1.29, 1.82) is 0 Å². The number of thioether (sulfide) groups is 1. The lowest BCUT2D eigenvalue weighted by atomic mass is 10.2. The molecule has 0 fully saturated rings. The first-order chi connectivity index (χ1) is 15.1. The smallest absolute Gasteiger partial charge is 0.312 e. The van der Waals surface area contributed by atoms with Gasteiger partial charge in [0, 0.05) is 10.9 Å². The van der Waals surface area contributed by atoms with Crippen LogP contribution >= 0.6 is 23.1 Å². The van der Waals surface area contributed by atoms with Gasteiger partial charge in [0.2, 0.25) is 16.2 Å². The number of aromatic nitrogens is 6. The number of carbonyl (C=O) groups is 2. The molecule has 0 aliphatic carbocycles. The number of benzene rings is 1. The van der Waals surface area contributed by atoms with Crippen LogP contribution in [-0.2, 0) is 20.7 Å². The summed E-state index contributed by atoms with van der Waals surface area (Å²) in [5.41, 5.74) is 2.25. The number of anilines is 1. The van der Waals surface area contributed by atoms with Gasteiger partial charge in [0.05, 0.1) is 18.3 Å². The standard InChI is InChI=1S/C19H19N7O3S2/c1-3-12(17(28)22-19-25-23-13(31-19)9-14(27)29-4-2)30-18-21-16-15(24-26-18)10-7-5-6-8-11(10)20-16/h5-8,12H,3-4,9H2,1-2H3,(H,20,21,26)(H,22,25,28)/t12-/m0/s1. The number of fused-ring (bicyclic) bond motifs is 3. The number of ether oxygens (including phenoxy) is 1. The van der Waals surface area contributed by atoms with Crippen molar-refractivity contribution in [1.82, 2.24) is 30.4 Å². The summed E-state index contributed by atoms with van der Waals surface area (Å²) in [6.07, 6.45) is 0.580. The molecule has 2 N–H and O–H groups in total. The molecule has 0 saturated heterocycles. The molecule has 1 amide bonds. The van der Waals surface area contributed by atoms with Crippen molar-refractivity contribution in [2.45, 2.75) is 37.1 Å². The molecule has 0 spiro atoms. The van der Waals surface area contributed by atoms with E-state index in [2.05, 4.69) is 35.7 Å². The number of aromatic amines is 1. The monoisotopic (exact) mass is 457 g/mol. The van der Waals surface area contributed by atoms with E-state index in [0.29, 0.717) is 39.5 Å². The van der Waals surface area contributed by atoms with Crippen LogP contribution in [0.15, 0.2) is 29.4 Å². The second-order valence-electron chi connectivity index (χ2n) is 6.45. The van der Waals surface area contributed by atoms with Gasteiger partial charge in [-0.2, -0.15) is 0 Å². The number of nitrogens with one attached hydrogen (secondary N) is 2. The Morgan fingerprint density at radius 3 is 2.84 bits per heavy atom. The predicted molar refractivity (Wildman–Crippen MR) is 118 cm³/mol. The van der Waals surface area contributed by atoms with Crippen molar-refractivity contribution in [2.75, 3.05) is 11.9 Å². The normalized spacial score (nSPS) is 12.2. The summed E-state index contributed by atoms with van der Waals surface area (Å²) in [6.45, 7) is 3.94. The molecule has 0 saturated carbocycles. The average Bonchev–Trinajstić information content (AvgIpc) is 3.35. The minimum absolute atomic E-state index is 0.0252. The molecule has 10 nitrogen and oxygen atoms in total. The van der Waals surface area contributed by atoms with Crippen LogP contribution in [0, 0.1) is 0 Å². The maximum absolute atomic E-state index is 12.7. The summed E-state index contributed by atoms with van der Waals surface area (Å²) in [5.74, 6) is -0.623. The van der Waals surface area contributed by atoms with E-state index in [1.54, 1.807) is 6.92 Å². The van der Waals surface area contributed by atoms with Gasteiger partial charge in [0.1, 0.15) is 10.5 Å². The molecule has 4 aromatic rings. The Bertz CT molecular complexity index is 1240. The molecular weight excluding hydrogens is 438 g/mol. The highest BCUT2D eigenvalue weighted by Crippen LogP contribution is 2.27. The summed E-state index contributed by atoms with van der Waals surface area (Å²) >= 11 is 2.37. The number of H-pyrrole nitrogens is 1. The number of para-hydroxylation sites is 1. The Hall–Kier alpha value is -3.12. The molecular formula is C19H19N7O3S2. The van der Waals surface area contributed by atoms with Gasteiger partial charge in [0.15, 0.2) is 5.65 Å². The maximum atomic E-state index is 12.7. The van der Waals surface area contributed by atoms with E-state index >= 15 is 0 Å². The molecule has 1 atom stereocenters. The molecule has 1 aromatic carbocycles. The average molecular weight is 458 g/mol. The van der Waals surface area contributed by atoms with Crippen LogP contribution in [0.25, 0.3) is 22.1 Å². The van der Waals surface area contributed by atoms with E-state index in [1.807, 2.05) is 31.2 Å². The van der Waals surface area contributed by atoms with Crippen molar-refractivity contribution >= 4 is 62.2 Å². The summed E-state index contributed by atoms with van der Waals surface area (Å²) in [4.78, 5) is 32.0. The number of carbonyl (C=O) groups excluding carboxylic acids is 2. The summed E-state index contributed by atoms with van der Waals surface area (Å²) in [6, 6.07) is 7.77. The lowest BCUT2D eigenvalue weighted by molar-refractivity contribution is -0.142. The van der Waals surface area contributed by atoms with Gasteiger partial charge in [-0.05, 0) is 19.4 Å². The van der Waals surface area contributed by atoms with E-state index in [1.165, 1.54) is 11.8 Å². The molecule has 4 rings (SSSR count). The Morgan fingerprint density at radius 1 is 1.19 bits per heavy atom. The molecule has 3 heterocycles. The molecule has 0 unspecified atom stereocenters. The van der Waals surface area contributed by atoms with E-state index in [0.717, 1.165) is 22.2 Å². The van der Waals surface area contributed by atoms with Crippen LogP contribution in [-0.4, -0.2) is 54.1 Å². The minimum atomic E-state index is -0.443. The highest BCUT2D eigenvalue weighted by Gasteiger charge is 2.22. The first kappa shape index (κ1) is 21.1. The van der Waals surface area contributed by atoms with Crippen LogP contribution in [0.5, 0.6) is 0 Å². The zero-order valence-electron chi connectivity index (χ0n) is 16.8. The quantitative estimate of drug-likeness (QED) is 0.302. The van der Waals surface area contributed by atoms with Crippen LogP contribution in [0.3, 0.4) is 0 Å². The second kappa shape index (κ2) is 9.35. The lowest BCUT2D eigenvalue weighted by Gasteiger charge is -2.11. The zero-order chi connectivity index (χ0) is 21.8. The Labute approximate surface area is 185 Å². The number of hydrogen-bond acceptors (Lipinski definition) is 10. The summed E-state index contributed by atoms with van der Waals surface area (Å²) in [7, 11) is 0. The Kier molecular flexibility index (Phi) is 6.37. The van der Waals surface area contributed by atoms with Gasteiger partial charge in [0.25, 0.3) is 0 Å². The summed E-state index contributed by atoms with van der Waals surface area (Å²) in [5, 5.41) is 20.8. The fourth-order valence-corrected chi connectivity index (χ4v) is 4.45. The number of amides is 1. The molecule has 0 aliphatic heterocycles. The molecule has 12 heteroatoms. The number of hydrogen-bond donors (Lipinski definition) is 2. The Morgan fingerprint density at radius 2 is 2.03 bits per heavy atom. The first-order valence-corrected chi connectivity index (χ1v) is 11.3. The van der Waals surface area contributed by atoms with Crippen molar-refractivity contribution in [3.8, 4) is 0 Å². The topological polar surface area (TPSA) is 136 Å². The first-order valence-electron chi connectivity index (χ1n) is 9.64. The van der Waals surface area contributed by atoms with E-state index in [9.17, 15) is 9.59 Å². The van der Waals surface area contributed by atoms with Crippen molar-refractivity contribution in [2.24, 2.45) is 0 Å². The Balaban J connectivity index is 1.44. The van der Waals surface area contributed by atoms with Crippen LogP contribution in [0.1, 0.15) is 25.3 Å². The SMILES string of the molecule is CCOC(=O)Cc1nnc(NC(=O)[C@H](CC)Sc2nnc3c(n2)[nH]c2ccccc23)s1. The van der Waals surface area contributed by atoms with Crippen molar-refractivity contribution < 1.29 is 14.3 Å². The third-order valence-electron chi connectivity index (χ3n) is 4.31. The molecule has 160 valence electrons. The fraction of sp³-hybridized carbons (Fsp3) is 0.316. The highest BCUT2D eigenvalue weighted by atomic mass is 32.2. The third kappa shape index (κ3) is 4.80. The third-order valence-corrected chi connectivity index (χ3v) is 6.37. The largest absolute Gasteiger partial charge is 0.466 e. The lowest BCUT2D eigenvalue weighted by Crippen LogP contribution is -2.24. The van der Waals surface area contributed by atoms with Crippen LogP contribution < -0.4 is 5.32 Å². The van der Waals surface area contributed by atoms with Crippen molar-refractivity contribution in [3.63, 3.8) is 0 Å². The van der Waals surface area contributed by atoms with Gasteiger partial charge in [-0.15, -0.1) is 20.4 Å². The molecule has 0 radical (unpaired) electrons. The molecule has 0 bridgehead atoms. The second-order valence-corrected chi connectivity index (χ2v) is 8.68. The zero-order valence-corrected chi connectivity index (χ0v) is 18.4. The van der Waals surface area contributed by atoms with Crippen LogP contribution in [0.4, 0.5) is 5.13 Å². The molecule has 3 aromatic heterocycles. The van der Waals surface area contributed by atoms with E-state index in [4.69, 9.17) is 4.74 Å². The van der Waals surface area contributed by atoms with Gasteiger partial charge in [-0.3, -0.25) is 14.9 Å². The fourth-order valence-electron chi connectivity index (χ4n) is 2.90. The number of rotatable bonds is 8. The van der Waals surface area contributed by atoms with E-state index < -0.39 is 5.25 Å². The van der Waals surface area contributed by atoms with Gasteiger partial charge in [-0.25, -0.2) is 4.98 Å². The predicted octanol–water partition coefficient (Wildman–Crippen LogP) is 2.97. The maximum Gasteiger partial charge on any atom is 0.312 e. The summed E-state index contributed by atoms with van der Waals surface area (Å²) < 4.78 is 4.89.